The summed E-state index contributed by atoms with van der Waals surface area (Å²) in [5.74, 6) is -0.302. The lowest BCUT2D eigenvalue weighted by molar-refractivity contribution is 0.0697. The molecule has 1 N–H and O–H groups in total. The SMILES string of the molecule is Cc1cc(N2CCC(C(C)(C)C)C2)c(C(=O)O)cn1. The molecule has 1 aromatic heterocycles. The third kappa shape index (κ3) is 2.88. The highest BCUT2D eigenvalue weighted by atomic mass is 16.4. The molecule has 0 aliphatic carbocycles. The standard InChI is InChI=1S/C15H22N2O2/c1-10-7-13(12(8-16-10)14(18)19)17-6-5-11(9-17)15(2,3)4/h7-8,11H,5-6,9H2,1-4H3,(H,18,19). The zero-order valence-electron chi connectivity index (χ0n) is 12.1. The monoisotopic (exact) mass is 262 g/mol. The largest absolute Gasteiger partial charge is 0.478 e. The molecule has 1 fully saturated rings. The number of anilines is 1. The van der Waals surface area contributed by atoms with Crippen LogP contribution in [-0.4, -0.2) is 29.1 Å². The maximum Gasteiger partial charge on any atom is 0.339 e. The lowest BCUT2D eigenvalue weighted by atomic mass is 9.80. The molecule has 0 radical (unpaired) electrons. The van der Waals surface area contributed by atoms with Gasteiger partial charge in [-0.3, -0.25) is 4.98 Å². The van der Waals surface area contributed by atoms with E-state index in [-0.39, 0.29) is 5.41 Å². The number of aryl methyl sites for hydroxylation is 1. The van der Waals surface area contributed by atoms with Crippen molar-refractivity contribution in [3.05, 3.63) is 23.5 Å². The first-order valence-corrected chi connectivity index (χ1v) is 6.74. The smallest absolute Gasteiger partial charge is 0.339 e. The molecule has 1 unspecified atom stereocenters. The highest BCUT2D eigenvalue weighted by molar-refractivity contribution is 5.94. The van der Waals surface area contributed by atoms with Crippen LogP contribution < -0.4 is 4.90 Å². The molecule has 19 heavy (non-hydrogen) atoms. The molecular weight excluding hydrogens is 240 g/mol. The third-order valence-corrected chi connectivity index (χ3v) is 4.00. The zero-order chi connectivity index (χ0) is 14.2. The molecule has 0 aromatic carbocycles. The molecule has 0 spiro atoms. The van der Waals surface area contributed by atoms with E-state index in [9.17, 15) is 9.90 Å². The second-order valence-corrected chi connectivity index (χ2v) is 6.45. The third-order valence-electron chi connectivity index (χ3n) is 4.00. The Bertz CT molecular complexity index is 491. The summed E-state index contributed by atoms with van der Waals surface area (Å²) in [6.45, 7) is 10.5. The predicted molar refractivity (Wildman–Crippen MR) is 75.7 cm³/mol. The molecule has 0 saturated carbocycles. The topological polar surface area (TPSA) is 53.4 Å². The van der Waals surface area contributed by atoms with E-state index in [0.717, 1.165) is 30.9 Å². The normalized spacial score (nSPS) is 19.8. The van der Waals surface area contributed by atoms with Crippen molar-refractivity contribution in [3.63, 3.8) is 0 Å². The van der Waals surface area contributed by atoms with E-state index < -0.39 is 5.97 Å². The van der Waals surface area contributed by atoms with Crippen LogP contribution >= 0.6 is 0 Å². The molecule has 1 aromatic rings. The van der Waals surface area contributed by atoms with E-state index in [1.807, 2.05) is 13.0 Å². The number of carbonyl (C=O) groups is 1. The molecule has 1 aliphatic rings. The Hall–Kier alpha value is -1.58. The molecule has 1 atom stereocenters. The first kappa shape index (κ1) is 13.8. The molecule has 2 rings (SSSR count). The van der Waals surface area contributed by atoms with Gasteiger partial charge in [-0.25, -0.2) is 4.79 Å². The van der Waals surface area contributed by atoms with Crippen LogP contribution in [0.2, 0.25) is 0 Å². The number of aromatic nitrogens is 1. The number of carboxylic acids is 1. The van der Waals surface area contributed by atoms with E-state index in [0.29, 0.717) is 11.5 Å². The fraction of sp³-hybridized carbons (Fsp3) is 0.600. The van der Waals surface area contributed by atoms with E-state index >= 15 is 0 Å². The van der Waals surface area contributed by atoms with Gasteiger partial charge in [0.2, 0.25) is 0 Å². The Morgan fingerprint density at radius 3 is 2.68 bits per heavy atom. The lowest BCUT2D eigenvalue weighted by Crippen LogP contribution is -2.27. The fourth-order valence-electron chi connectivity index (χ4n) is 2.66. The van der Waals surface area contributed by atoms with Crippen molar-refractivity contribution in [1.82, 2.24) is 4.98 Å². The number of rotatable bonds is 2. The summed E-state index contributed by atoms with van der Waals surface area (Å²) in [7, 11) is 0. The van der Waals surface area contributed by atoms with Crippen LogP contribution in [0.5, 0.6) is 0 Å². The summed E-state index contributed by atoms with van der Waals surface area (Å²) in [6, 6.07) is 1.88. The van der Waals surface area contributed by atoms with Crippen LogP contribution in [0, 0.1) is 18.3 Å². The van der Waals surface area contributed by atoms with E-state index in [4.69, 9.17) is 0 Å². The van der Waals surface area contributed by atoms with Gasteiger partial charge in [0.25, 0.3) is 0 Å². The van der Waals surface area contributed by atoms with Gasteiger partial charge in [0.05, 0.1) is 5.69 Å². The van der Waals surface area contributed by atoms with Crippen molar-refractivity contribution in [1.29, 1.82) is 0 Å². The summed E-state index contributed by atoms with van der Waals surface area (Å²) in [5.41, 5.74) is 2.24. The quantitative estimate of drug-likeness (QED) is 0.890. The van der Waals surface area contributed by atoms with E-state index in [1.54, 1.807) is 0 Å². The summed E-state index contributed by atoms with van der Waals surface area (Å²) in [6.07, 6.45) is 2.58. The number of carboxylic acid groups (broad SMARTS) is 1. The van der Waals surface area contributed by atoms with Gasteiger partial charge in [-0.15, -0.1) is 0 Å². The minimum absolute atomic E-state index is 0.264. The number of nitrogens with zero attached hydrogens (tertiary/aromatic N) is 2. The van der Waals surface area contributed by atoms with Crippen molar-refractivity contribution in [2.75, 3.05) is 18.0 Å². The Labute approximate surface area is 114 Å². The van der Waals surface area contributed by atoms with Crippen molar-refractivity contribution in [2.24, 2.45) is 11.3 Å². The summed E-state index contributed by atoms with van der Waals surface area (Å²) in [4.78, 5) is 17.6. The van der Waals surface area contributed by atoms with Crippen molar-refractivity contribution in [2.45, 2.75) is 34.1 Å². The fourth-order valence-corrected chi connectivity index (χ4v) is 2.66. The van der Waals surface area contributed by atoms with Gasteiger partial charge in [0.1, 0.15) is 5.56 Å². The van der Waals surface area contributed by atoms with Crippen LogP contribution in [0.1, 0.15) is 43.2 Å². The first-order chi connectivity index (χ1) is 8.79. The van der Waals surface area contributed by atoms with Crippen molar-refractivity contribution >= 4 is 11.7 Å². The van der Waals surface area contributed by atoms with Gasteiger partial charge in [-0.05, 0) is 30.7 Å². The van der Waals surface area contributed by atoms with Gasteiger partial charge in [-0.1, -0.05) is 20.8 Å². The zero-order valence-corrected chi connectivity index (χ0v) is 12.1. The first-order valence-electron chi connectivity index (χ1n) is 6.74. The average Bonchev–Trinajstić information content (AvgIpc) is 2.77. The molecule has 104 valence electrons. The molecule has 1 saturated heterocycles. The van der Waals surface area contributed by atoms with Gasteiger partial charge in [-0.2, -0.15) is 0 Å². The number of pyridine rings is 1. The predicted octanol–water partition coefficient (Wildman–Crippen LogP) is 2.96. The molecule has 2 heterocycles. The Balaban J connectivity index is 2.28. The summed E-state index contributed by atoms with van der Waals surface area (Å²) >= 11 is 0. The average molecular weight is 262 g/mol. The number of hydrogen-bond donors (Lipinski definition) is 1. The molecule has 4 nitrogen and oxygen atoms in total. The van der Waals surface area contributed by atoms with Crippen molar-refractivity contribution < 1.29 is 9.90 Å². The molecule has 0 amide bonds. The van der Waals surface area contributed by atoms with Crippen molar-refractivity contribution in [3.8, 4) is 0 Å². The maximum atomic E-state index is 11.3. The van der Waals surface area contributed by atoms with Gasteiger partial charge >= 0.3 is 5.97 Å². The van der Waals surface area contributed by atoms with Crippen LogP contribution in [0.3, 0.4) is 0 Å². The molecule has 4 heteroatoms. The van der Waals surface area contributed by atoms with Gasteiger partial charge in [0, 0.05) is 25.0 Å². The molecular formula is C15H22N2O2. The highest BCUT2D eigenvalue weighted by Gasteiger charge is 2.33. The Morgan fingerprint density at radius 2 is 2.16 bits per heavy atom. The second-order valence-electron chi connectivity index (χ2n) is 6.45. The van der Waals surface area contributed by atoms with Crippen LogP contribution in [0.4, 0.5) is 5.69 Å². The highest BCUT2D eigenvalue weighted by Crippen LogP contribution is 2.36. The van der Waals surface area contributed by atoms with E-state index in [1.165, 1.54) is 6.20 Å². The van der Waals surface area contributed by atoms with Gasteiger partial charge in [0.15, 0.2) is 0 Å². The Morgan fingerprint density at radius 1 is 1.47 bits per heavy atom. The Kier molecular flexibility index (Phi) is 3.52. The molecule has 0 bridgehead atoms. The second kappa shape index (κ2) is 4.83. The summed E-state index contributed by atoms with van der Waals surface area (Å²) < 4.78 is 0. The number of aromatic carboxylic acids is 1. The maximum absolute atomic E-state index is 11.3. The summed E-state index contributed by atoms with van der Waals surface area (Å²) in [5, 5.41) is 9.28. The van der Waals surface area contributed by atoms with Crippen LogP contribution in [-0.2, 0) is 0 Å². The number of hydrogen-bond acceptors (Lipinski definition) is 3. The van der Waals surface area contributed by atoms with Crippen LogP contribution in [0.25, 0.3) is 0 Å². The minimum Gasteiger partial charge on any atom is -0.478 e. The van der Waals surface area contributed by atoms with Gasteiger partial charge < -0.3 is 10.0 Å². The van der Waals surface area contributed by atoms with E-state index in [2.05, 4.69) is 30.7 Å². The minimum atomic E-state index is -0.901. The van der Waals surface area contributed by atoms with Crippen LogP contribution in [0.15, 0.2) is 12.3 Å². The molecule has 1 aliphatic heterocycles. The lowest BCUT2D eigenvalue weighted by Gasteiger charge is -2.28.